The number of ether oxygens (including phenoxy) is 1. The highest BCUT2D eigenvalue weighted by Crippen LogP contribution is 2.38. The van der Waals surface area contributed by atoms with Crippen LogP contribution >= 0.6 is 0 Å². The Balaban J connectivity index is 2.15. The van der Waals surface area contributed by atoms with Crippen molar-refractivity contribution in [2.24, 2.45) is 0 Å². The first-order valence-electron chi connectivity index (χ1n) is 5.04. The average Bonchev–Trinajstić information content (AvgIpc) is 2.27. The van der Waals surface area contributed by atoms with Gasteiger partial charge in [-0.2, -0.15) is 4.98 Å². The molecule has 1 aromatic carbocycles. The van der Waals surface area contributed by atoms with Crippen molar-refractivity contribution in [3.63, 3.8) is 0 Å². The molecule has 0 amide bonds. The Morgan fingerprint density at radius 3 is 2.88 bits per heavy atom. The molecule has 0 radical (unpaired) electrons. The second-order valence-electron chi connectivity index (χ2n) is 3.81. The van der Waals surface area contributed by atoms with Crippen LogP contribution in [0.2, 0.25) is 0 Å². The number of fused-ring (bicyclic) bond motifs is 2. The van der Waals surface area contributed by atoms with Crippen LogP contribution in [0.25, 0.3) is 0 Å². The van der Waals surface area contributed by atoms with Gasteiger partial charge in [0.05, 0.1) is 0 Å². The molecule has 1 aliphatic rings. The third-order valence-electron chi connectivity index (χ3n) is 2.69. The standard InChI is InChI=1S/C12H11N3O/c13-9-6-11(14)15-12-8(9)5-7-3-1-2-4-10(7)16-12/h1-4,6H,5H2,(H4,13,14,15). The monoisotopic (exact) mass is 213 g/mol. The quantitative estimate of drug-likeness (QED) is 0.598. The van der Waals surface area contributed by atoms with Crippen LogP contribution in [0, 0.1) is 0 Å². The molecule has 0 fully saturated rings. The number of hydrogen-bond acceptors (Lipinski definition) is 4. The van der Waals surface area contributed by atoms with E-state index >= 15 is 0 Å². The fourth-order valence-corrected chi connectivity index (χ4v) is 1.89. The van der Waals surface area contributed by atoms with Crippen molar-refractivity contribution in [3.05, 3.63) is 41.5 Å². The van der Waals surface area contributed by atoms with E-state index in [2.05, 4.69) is 4.98 Å². The van der Waals surface area contributed by atoms with Crippen molar-refractivity contribution >= 4 is 11.5 Å². The number of aromatic nitrogens is 1. The van der Waals surface area contributed by atoms with Crippen molar-refractivity contribution in [2.45, 2.75) is 6.42 Å². The Morgan fingerprint density at radius 1 is 1.19 bits per heavy atom. The van der Waals surface area contributed by atoms with Crippen molar-refractivity contribution in [3.8, 4) is 11.6 Å². The van der Waals surface area contributed by atoms with E-state index in [1.54, 1.807) is 6.07 Å². The van der Waals surface area contributed by atoms with Gasteiger partial charge in [-0.25, -0.2) is 0 Å². The summed E-state index contributed by atoms with van der Waals surface area (Å²) >= 11 is 0. The van der Waals surface area contributed by atoms with Gasteiger partial charge >= 0.3 is 0 Å². The molecule has 80 valence electrons. The van der Waals surface area contributed by atoms with Crippen LogP contribution in [-0.2, 0) is 6.42 Å². The largest absolute Gasteiger partial charge is 0.438 e. The molecule has 2 heterocycles. The second-order valence-corrected chi connectivity index (χ2v) is 3.81. The van der Waals surface area contributed by atoms with Crippen LogP contribution in [0.4, 0.5) is 11.5 Å². The van der Waals surface area contributed by atoms with Crippen LogP contribution < -0.4 is 16.2 Å². The van der Waals surface area contributed by atoms with Gasteiger partial charge in [0.2, 0.25) is 5.88 Å². The summed E-state index contributed by atoms with van der Waals surface area (Å²) in [5.74, 6) is 1.74. The molecule has 3 rings (SSSR count). The zero-order chi connectivity index (χ0) is 11.1. The minimum Gasteiger partial charge on any atom is -0.438 e. The number of para-hydroxylation sites is 1. The van der Waals surface area contributed by atoms with Gasteiger partial charge in [-0.1, -0.05) is 18.2 Å². The Kier molecular flexibility index (Phi) is 1.77. The molecule has 4 nitrogen and oxygen atoms in total. The van der Waals surface area contributed by atoms with Crippen LogP contribution in [0.15, 0.2) is 30.3 Å². The summed E-state index contributed by atoms with van der Waals surface area (Å²) in [6.07, 6.45) is 0.741. The molecule has 2 aromatic rings. The molecule has 0 bridgehead atoms. The van der Waals surface area contributed by atoms with E-state index in [0.29, 0.717) is 17.4 Å². The van der Waals surface area contributed by atoms with Gasteiger partial charge in [-0.05, 0) is 11.6 Å². The molecule has 0 unspecified atom stereocenters. The minimum absolute atomic E-state index is 0.385. The molecule has 1 aliphatic heterocycles. The maximum absolute atomic E-state index is 5.90. The highest BCUT2D eigenvalue weighted by molar-refractivity contribution is 5.62. The summed E-state index contributed by atoms with van der Waals surface area (Å²) in [7, 11) is 0. The fraction of sp³-hybridized carbons (Fsp3) is 0.0833. The van der Waals surface area contributed by atoms with Crippen molar-refractivity contribution in [1.82, 2.24) is 4.98 Å². The summed E-state index contributed by atoms with van der Waals surface area (Å²) in [5.41, 5.74) is 14.2. The van der Waals surface area contributed by atoms with Gasteiger partial charge < -0.3 is 16.2 Å². The molecular weight excluding hydrogens is 202 g/mol. The second kappa shape index (κ2) is 3.13. The van der Waals surface area contributed by atoms with E-state index in [-0.39, 0.29) is 0 Å². The van der Waals surface area contributed by atoms with Gasteiger partial charge in [0.1, 0.15) is 11.6 Å². The zero-order valence-corrected chi connectivity index (χ0v) is 8.60. The normalized spacial score (nSPS) is 12.5. The highest BCUT2D eigenvalue weighted by Gasteiger charge is 2.20. The first-order valence-corrected chi connectivity index (χ1v) is 5.04. The van der Waals surface area contributed by atoms with E-state index < -0.39 is 0 Å². The summed E-state index contributed by atoms with van der Waals surface area (Å²) in [5, 5.41) is 0. The number of nitrogens with two attached hydrogens (primary N) is 2. The molecule has 0 spiro atoms. The first-order chi connectivity index (χ1) is 7.74. The number of nitrogen functional groups attached to an aromatic ring is 2. The first kappa shape index (κ1) is 9.03. The fourth-order valence-electron chi connectivity index (χ4n) is 1.89. The Hall–Kier alpha value is -2.23. The maximum atomic E-state index is 5.90. The topological polar surface area (TPSA) is 74.2 Å². The SMILES string of the molecule is Nc1cc(N)c2c(n1)Oc1ccccc1C2. The summed E-state index contributed by atoms with van der Waals surface area (Å²) in [4.78, 5) is 4.15. The molecule has 1 aromatic heterocycles. The molecule has 0 saturated heterocycles. The lowest BCUT2D eigenvalue weighted by Gasteiger charge is -2.20. The van der Waals surface area contributed by atoms with E-state index in [1.807, 2.05) is 24.3 Å². The molecule has 0 aliphatic carbocycles. The highest BCUT2D eigenvalue weighted by atomic mass is 16.5. The summed E-state index contributed by atoms with van der Waals surface area (Å²) in [6, 6.07) is 9.51. The molecular formula is C12H11N3O. The van der Waals surface area contributed by atoms with Gasteiger partial charge in [0.25, 0.3) is 0 Å². The van der Waals surface area contributed by atoms with Crippen LogP contribution in [0.5, 0.6) is 11.6 Å². The molecule has 0 saturated carbocycles. The van der Waals surface area contributed by atoms with E-state index in [0.717, 1.165) is 23.3 Å². The van der Waals surface area contributed by atoms with Crippen molar-refractivity contribution < 1.29 is 4.74 Å². The third kappa shape index (κ3) is 1.27. The predicted molar refractivity (Wildman–Crippen MR) is 62.4 cm³/mol. The number of hydrogen-bond donors (Lipinski definition) is 2. The lowest BCUT2D eigenvalue weighted by Crippen LogP contribution is -2.09. The van der Waals surface area contributed by atoms with Crippen LogP contribution in [-0.4, -0.2) is 4.98 Å². The lowest BCUT2D eigenvalue weighted by atomic mass is 10.0. The molecule has 4 heteroatoms. The Labute approximate surface area is 92.9 Å². The molecule has 16 heavy (non-hydrogen) atoms. The van der Waals surface area contributed by atoms with Gasteiger partial charge in [-0.3, -0.25) is 0 Å². The third-order valence-corrected chi connectivity index (χ3v) is 2.69. The van der Waals surface area contributed by atoms with Crippen LogP contribution in [0.3, 0.4) is 0 Å². The van der Waals surface area contributed by atoms with E-state index in [9.17, 15) is 0 Å². The van der Waals surface area contributed by atoms with Gasteiger partial charge in [0, 0.05) is 23.7 Å². The molecule has 4 N–H and O–H groups in total. The summed E-state index contributed by atoms with van der Waals surface area (Å²) in [6.45, 7) is 0. The minimum atomic E-state index is 0.385. The number of rotatable bonds is 0. The van der Waals surface area contributed by atoms with E-state index in [1.165, 1.54) is 0 Å². The van der Waals surface area contributed by atoms with E-state index in [4.69, 9.17) is 16.2 Å². The number of benzene rings is 1. The summed E-state index contributed by atoms with van der Waals surface area (Å²) < 4.78 is 5.67. The Morgan fingerprint density at radius 2 is 2.00 bits per heavy atom. The molecule has 0 atom stereocenters. The van der Waals surface area contributed by atoms with Gasteiger partial charge in [-0.15, -0.1) is 0 Å². The van der Waals surface area contributed by atoms with Crippen LogP contribution in [0.1, 0.15) is 11.1 Å². The lowest BCUT2D eigenvalue weighted by molar-refractivity contribution is 0.442. The smallest absolute Gasteiger partial charge is 0.226 e. The predicted octanol–water partition coefficient (Wildman–Crippen LogP) is 1.94. The Bertz CT molecular complexity index is 566. The zero-order valence-electron chi connectivity index (χ0n) is 8.60. The number of anilines is 2. The van der Waals surface area contributed by atoms with Crippen molar-refractivity contribution in [1.29, 1.82) is 0 Å². The number of nitrogens with zero attached hydrogens (tertiary/aromatic N) is 1. The van der Waals surface area contributed by atoms with Crippen molar-refractivity contribution in [2.75, 3.05) is 11.5 Å². The average molecular weight is 213 g/mol. The van der Waals surface area contributed by atoms with Gasteiger partial charge in [0.15, 0.2) is 0 Å². The number of pyridine rings is 1. The maximum Gasteiger partial charge on any atom is 0.226 e.